The number of aliphatic carboxylic acids is 1. The standard InChI is InChI=1S/C12H14BrN3O2S2/c1-7(2)5-16-11(8-3-4-9(13)20-8)14-15-12(16)19-6-10(17)18/h3-4,7H,5-6H2,1-2H3,(H,17,18). The quantitative estimate of drug-likeness (QED) is 0.781. The highest BCUT2D eigenvalue weighted by Crippen LogP contribution is 2.32. The van der Waals surface area contributed by atoms with Crippen LogP contribution in [-0.2, 0) is 11.3 Å². The fourth-order valence-corrected chi connectivity index (χ4v) is 3.72. The second kappa shape index (κ2) is 6.73. The number of carbonyl (C=O) groups is 1. The van der Waals surface area contributed by atoms with Gasteiger partial charge in [0, 0.05) is 6.54 Å². The van der Waals surface area contributed by atoms with Crippen LogP contribution >= 0.6 is 39.0 Å². The van der Waals surface area contributed by atoms with Gasteiger partial charge in [-0.3, -0.25) is 4.79 Å². The smallest absolute Gasteiger partial charge is 0.313 e. The summed E-state index contributed by atoms with van der Waals surface area (Å²) in [4.78, 5) is 11.7. The molecule has 20 heavy (non-hydrogen) atoms. The van der Waals surface area contributed by atoms with Crippen molar-refractivity contribution in [1.29, 1.82) is 0 Å². The number of thioether (sulfide) groups is 1. The fourth-order valence-electron chi connectivity index (χ4n) is 1.67. The first-order chi connectivity index (χ1) is 9.47. The lowest BCUT2D eigenvalue weighted by molar-refractivity contribution is -0.133. The van der Waals surface area contributed by atoms with Crippen LogP contribution in [0.15, 0.2) is 21.1 Å². The molecule has 2 aromatic heterocycles. The average Bonchev–Trinajstić information content (AvgIpc) is 2.93. The Balaban J connectivity index is 2.33. The molecule has 0 saturated carbocycles. The molecule has 0 spiro atoms. The molecule has 2 aromatic rings. The summed E-state index contributed by atoms with van der Waals surface area (Å²) in [6.45, 7) is 4.99. The number of hydrogen-bond donors (Lipinski definition) is 1. The SMILES string of the molecule is CC(C)Cn1c(SCC(=O)O)nnc1-c1ccc(Br)s1. The highest BCUT2D eigenvalue weighted by molar-refractivity contribution is 9.11. The van der Waals surface area contributed by atoms with Crippen LogP contribution in [-0.4, -0.2) is 31.6 Å². The zero-order valence-corrected chi connectivity index (χ0v) is 14.3. The van der Waals surface area contributed by atoms with Gasteiger partial charge in [0.25, 0.3) is 0 Å². The van der Waals surface area contributed by atoms with Crippen LogP contribution in [0.2, 0.25) is 0 Å². The third kappa shape index (κ3) is 3.83. The second-order valence-corrected chi connectivity index (χ2v) is 8.00. The van der Waals surface area contributed by atoms with Crippen LogP contribution in [0.1, 0.15) is 13.8 Å². The minimum Gasteiger partial charge on any atom is -0.481 e. The minimum absolute atomic E-state index is 0.00956. The summed E-state index contributed by atoms with van der Waals surface area (Å²) in [5.74, 6) is 0.360. The topological polar surface area (TPSA) is 68.0 Å². The van der Waals surface area contributed by atoms with E-state index in [1.54, 1.807) is 11.3 Å². The number of thiophene rings is 1. The van der Waals surface area contributed by atoms with Crippen LogP contribution in [0.25, 0.3) is 10.7 Å². The van der Waals surface area contributed by atoms with Gasteiger partial charge in [0.1, 0.15) is 0 Å². The van der Waals surface area contributed by atoms with Crippen molar-refractivity contribution in [3.8, 4) is 10.7 Å². The van der Waals surface area contributed by atoms with E-state index < -0.39 is 5.97 Å². The molecule has 0 aliphatic carbocycles. The maximum absolute atomic E-state index is 10.7. The highest BCUT2D eigenvalue weighted by atomic mass is 79.9. The predicted molar refractivity (Wildman–Crippen MR) is 84.2 cm³/mol. The number of hydrogen-bond acceptors (Lipinski definition) is 5. The van der Waals surface area contributed by atoms with Gasteiger partial charge in [0.2, 0.25) is 0 Å². The summed E-state index contributed by atoms with van der Waals surface area (Å²) in [5.41, 5.74) is 0. The van der Waals surface area contributed by atoms with Gasteiger partial charge in [-0.2, -0.15) is 0 Å². The maximum atomic E-state index is 10.7. The Hall–Kier alpha value is -0.860. The Labute approximate surface area is 133 Å². The first kappa shape index (κ1) is 15.5. The lowest BCUT2D eigenvalue weighted by atomic mass is 10.2. The van der Waals surface area contributed by atoms with Crippen molar-refractivity contribution in [2.75, 3.05) is 5.75 Å². The van der Waals surface area contributed by atoms with Crippen LogP contribution in [0, 0.1) is 5.92 Å². The molecular formula is C12H14BrN3O2S2. The van der Waals surface area contributed by atoms with Crippen molar-refractivity contribution in [2.45, 2.75) is 25.5 Å². The molecule has 108 valence electrons. The second-order valence-electron chi connectivity index (χ2n) is 4.60. The van der Waals surface area contributed by atoms with Crippen molar-refractivity contribution < 1.29 is 9.90 Å². The van der Waals surface area contributed by atoms with E-state index in [9.17, 15) is 4.79 Å². The van der Waals surface area contributed by atoms with Crippen molar-refractivity contribution in [3.05, 3.63) is 15.9 Å². The van der Waals surface area contributed by atoms with E-state index >= 15 is 0 Å². The van der Waals surface area contributed by atoms with E-state index in [0.29, 0.717) is 11.1 Å². The summed E-state index contributed by atoms with van der Waals surface area (Å²) >= 11 is 6.23. The molecule has 0 radical (unpaired) electrons. The molecule has 0 fully saturated rings. The zero-order valence-electron chi connectivity index (χ0n) is 11.0. The number of halogens is 1. The van der Waals surface area contributed by atoms with Gasteiger partial charge in [0.05, 0.1) is 14.4 Å². The lowest BCUT2D eigenvalue weighted by Gasteiger charge is -2.11. The Morgan fingerprint density at radius 3 is 2.80 bits per heavy atom. The molecule has 0 aliphatic heterocycles. The molecule has 0 bridgehead atoms. The zero-order chi connectivity index (χ0) is 14.7. The van der Waals surface area contributed by atoms with Gasteiger partial charge in [-0.15, -0.1) is 21.5 Å². The summed E-state index contributed by atoms with van der Waals surface area (Å²) in [6.07, 6.45) is 0. The third-order valence-corrected chi connectivity index (χ3v) is 4.95. The molecule has 0 aromatic carbocycles. The molecule has 8 heteroatoms. The van der Waals surface area contributed by atoms with E-state index in [4.69, 9.17) is 5.11 Å². The molecular weight excluding hydrogens is 362 g/mol. The Bertz CT molecular complexity index is 610. The predicted octanol–water partition coefficient (Wildman–Crippen LogP) is 3.60. The summed E-state index contributed by atoms with van der Waals surface area (Å²) in [7, 11) is 0. The number of carboxylic acid groups (broad SMARTS) is 1. The van der Waals surface area contributed by atoms with Crippen molar-refractivity contribution in [3.63, 3.8) is 0 Å². The summed E-state index contributed by atoms with van der Waals surface area (Å²) < 4.78 is 3.03. The van der Waals surface area contributed by atoms with E-state index in [2.05, 4.69) is 40.0 Å². The molecule has 0 amide bonds. The van der Waals surface area contributed by atoms with E-state index in [-0.39, 0.29) is 5.75 Å². The van der Waals surface area contributed by atoms with Gasteiger partial charge < -0.3 is 9.67 Å². The van der Waals surface area contributed by atoms with Crippen molar-refractivity contribution >= 4 is 45.0 Å². The van der Waals surface area contributed by atoms with Crippen LogP contribution in [0.5, 0.6) is 0 Å². The molecule has 0 aliphatic rings. The Morgan fingerprint density at radius 2 is 2.25 bits per heavy atom. The largest absolute Gasteiger partial charge is 0.481 e. The van der Waals surface area contributed by atoms with Gasteiger partial charge >= 0.3 is 5.97 Å². The van der Waals surface area contributed by atoms with Gasteiger partial charge in [0.15, 0.2) is 11.0 Å². The monoisotopic (exact) mass is 375 g/mol. The van der Waals surface area contributed by atoms with Crippen LogP contribution in [0.3, 0.4) is 0 Å². The number of carboxylic acids is 1. The van der Waals surface area contributed by atoms with E-state index in [0.717, 1.165) is 21.0 Å². The number of rotatable bonds is 6. The summed E-state index contributed by atoms with van der Waals surface area (Å²) in [5, 5.41) is 17.8. The summed E-state index contributed by atoms with van der Waals surface area (Å²) in [6, 6.07) is 3.96. The normalized spacial score (nSPS) is 11.2. The van der Waals surface area contributed by atoms with Crippen LogP contribution < -0.4 is 0 Å². The maximum Gasteiger partial charge on any atom is 0.313 e. The molecule has 2 heterocycles. The Kier molecular flexibility index (Phi) is 5.22. The van der Waals surface area contributed by atoms with E-state index in [1.165, 1.54) is 11.8 Å². The van der Waals surface area contributed by atoms with E-state index in [1.807, 2.05) is 16.7 Å². The first-order valence-electron chi connectivity index (χ1n) is 6.01. The molecule has 0 unspecified atom stereocenters. The van der Waals surface area contributed by atoms with Gasteiger partial charge in [-0.05, 0) is 34.0 Å². The van der Waals surface area contributed by atoms with Gasteiger partial charge in [-0.1, -0.05) is 25.6 Å². The van der Waals surface area contributed by atoms with Gasteiger partial charge in [-0.25, -0.2) is 0 Å². The molecule has 2 rings (SSSR count). The molecule has 0 atom stereocenters. The molecule has 0 saturated heterocycles. The first-order valence-corrected chi connectivity index (χ1v) is 8.60. The molecule has 1 N–H and O–H groups in total. The van der Waals surface area contributed by atoms with Crippen LogP contribution in [0.4, 0.5) is 0 Å². The molecule has 5 nitrogen and oxygen atoms in total. The van der Waals surface area contributed by atoms with Crippen molar-refractivity contribution in [1.82, 2.24) is 14.8 Å². The Morgan fingerprint density at radius 1 is 1.50 bits per heavy atom. The lowest BCUT2D eigenvalue weighted by Crippen LogP contribution is -2.08. The minimum atomic E-state index is -0.852. The highest BCUT2D eigenvalue weighted by Gasteiger charge is 2.17. The number of aromatic nitrogens is 3. The average molecular weight is 376 g/mol. The third-order valence-electron chi connectivity index (χ3n) is 2.38. The number of nitrogens with zero attached hydrogens (tertiary/aromatic N) is 3. The van der Waals surface area contributed by atoms with Crippen molar-refractivity contribution in [2.24, 2.45) is 5.92 Å². The fraction of sp³-hybridized carbons (Fsp3) is 0.417.